The number of carbonyl (C=O) groups is 3. The number of hydrogen-bond donors (Lipinski definition) is 1. The van der Waals surface area contributed by atoms with Crippen molar-refractivity contribution in [2.75, 3.05) is 19.8 Å². The van der Waals surface area contributed by atoms with E-state index in [1.807, 2.05) is 34.6 Å². The quantitative estimate of drug-likeness (QED) is 0.448. The van der Waals surface area contributed by atoms with Crippen LogP contribution >= 0.6 is 0 Å². The fourth-order valence-electron chi connectivity index (χ4n) is 6.01. The summed E-state index contributed by atoms with van der Waals surface area (Å²) < 4.78 is 11.9. The van der Waals surface area contributed by atoms with Crippen molar-refractivity contribution in [3.05, 3.63) is 12.7 Å². The summed E-state index contributed by atoms with van der Waals surface area (Å²) in [5, 5.41) is 10.1. The first kappa shape index (κ1) is 24.7. The van der Waals surface area contributed by atoms with Crippen LogP contribution in [0.4, 0.5) is 0 Å². The molecule has 3 aliphatic rings. The fraction of sp³-hybridized carbons (Fsp3) is 0.792. The SMILES string of the molecule is C=CCN(C(=O)C1N([C@@H](CC)CO)C(=O)[C@@H]2[C@H](C(=O)OCC)[C@]3(C)CCC12O3)C(C)(C)C. The van der Waals surface area contributed by atoms with E-state index in [0.717, 1.165) is 0 Å². The predicted octanol–water partition coefficient (Wildman–Crippen LogP) is 1.90. The maximum atomic E-state index is 14.1. The van der Waals surface area contributed by atoms with Gasteiger partial charge in [0.2, 0.25) is 11.8 Å². The van der Waals surface area contributed by atoms with Crippen molar-refractivity contribution >= 4 is 17.8 Å². The van der Waals surface area contributed by atoms with E-state index in [4.69, 9.17) is 9.47 Å². The van der Waals surface area contributed by atoms with Crippen LogP contribution in [-0.2, 0) is 23.9 Å². The van der Waals surface area contributed by atoms with E-state index in [2.05, 4.69) is 6.58 Å². The number of aliphatic hydroxyl groups excluding tert-OH is 1. The zero-order valence-electron chi connectivity index (χ0n) is 20.2. The zero-order valence-corrected chi connectivity index (χ0v) is 20.2. The minimum absolute atomic E-state index is 0.205. The Bertz CT molecular complexity index is 788. The summed E-state index contributed by atoms with van der Waals surface area (Å²) in [6.07, 6.45) is 3.20. The van der Waals surface area contributed by atoms with Gasteiger partial charge in [-0.1, -0.05) is 13.0 Å². The van der Waals surface area contributed by atoms with E-state index in [-0.39, 0.29) is 25.0 Å². The molecule has 0 aliphatic carbocycles. The average Bonchev–Trinajstić information content (AvgIpc) is 3.27. The van der Waals surface area contributed by atoms with Crippen LogP contribution in [-0.4, -0.2) is 81.3 Å². The Hall–Kier alpha value is -1.93. The highest BCUT2D eigenvalue weighted by atomic mass is 16.6. The second-order valence-corrected chi connectivity index (χ2v) is 10.4. The minimum Gasteiger partial charge on any atom is -0.466 e. The number of carbonyl (C=O) groups excluding carboxylic acids is 3. The Balaban J connectivity index is 2.16. The number of esters is 1. The van der Waals surface area contributed by atoms with Gasteiger partial charge >= 0.3 is 5.97 Å². The number of rotatable bonds is 8. The lowest BCUT2D eigenvalue weighted by Gasteiger charge is -2.43. The molecule has 2 bridgehead atoms. The summed E-state index contributed by atoms with van der Waals surface area (Å²) in [7, 11) is 0. The Morgan fingerprint density at radius 1 is 1.38 bits per heavy atom. The average molecular weight is 451 g/mol. The van der Waals surface area contributed by atoms with Crippen LogP contribution in [0.2, 0.25) is 0 Å². The number of ether oxygens (including phenoxy) is 2. The molecular weight excluding hydrogens is 412 g/mol. The van der Waals surface area contributed by atoms with Crippen molar-refractivity contribution in [1.29, 1.82) is 0 Å². The molecule has 180 valence electrons. The molecule has 8 nitrogen and oxygen atoms in total. The van der Waals surface area contributed by atoms with Crippen molar-refractivity contribution in [3.63, 3.8) is 0 Å². The monoisotopic (exact) mass is 450 g/mol. The van der Waals surface area contributed by atoms with Gasteiger partial charge in [0.15, 0.2) is 0 Å². The van der Waals surface area contributed by atoms with Crippen LogP contribution in [0.25, 0.3) is 0 Å². The van der Waals surface area contributed by atoms with Crippen molar-refractivity contribution in [2.45, 2.75) is 89.6 Å². The highest BCUT2D eigenvalue weighted by Crippen LogP contribution is 2.63. The number of aliphatic hydroxyl groups is 1. The van der Waals surface area contributed by atoms with E-state index in [0.29, 0.717) is 25.8 Å². The molecule has 8 heteroatoms. The van der Waals surface area contributed by atoms with Crippen LogP contribution < -0.4 is 0 Å². The van der Waals surface area contributed by atoms with Gasteiger partial charge < -0.3 is 24.4 Å². The lowest BCUT2D eigenvalue weighted by atomic mass is 9.66. The molecule has 0 aromatic rings. The minimum atomic E-state index is -1.12. The Kier molecular flexibility index (Phi) is 6.52. The first-order valence-corrected chi connectivity index (χ1v) is 11.7. The second kappa shape index (κ2) is 8.45. The van der Waals surface area contributed by atoms with Gasteiger partial charge in [0, 0.05) is 12.1 Å². The lowest BCUT2D eigenvalue weighted by molar-refractivity contribution is -0.162. The van der Waals surface area contributed by atoms with Gasteiger partial charge in [-0.25, -0.2) is 0 Å². The molecule has 3 fully saturated rings. The number of amides is 2. The molecule has 0 saturated carbocycles. The molecule has 0 aromatic heterocycles. The zero-order chi connectivity index (χ0) is 24.1. The van der Waals surface area contributed by atoms with Crippen LogP contribution in [0.3, 0.4) is 0 Å². The number of likely N-dealkylation sites (tertiary alicyclic amines) is 1. The molecule has 2 unspecified atom stereocenters. The highest BCUT2D eigenvalue weighted by molar-refractivity contribution is 5.99. The van der Waals surface area contributed by atoms with Gasteiger partial charge in [-0.3, -0.25) is 14.4 Å². The van der Waals surface area contributed by atoms with Crippen LogP contribution in [0, 0.1) is 11.8 Å². The van der Waals surface area contributed by atoms with Gasteiger partial charge in [-0.15, -0.1) is 6.58 Å². The molecule has 3 aliphatic heterocycles. The van der Waals surface area contributed by atoms with Gasteiger partial charge in [0.05, 0.1) is 30.8 Å². The normalized spacial score (nSPS) is 34.4. The molecular formula is C24H38N2O6. The number of fused-ring (bicyclic) bond motifs is 1. The lowest BCUT2D eigenvalue weighted by Crippen LogP contribution is -2.61. The van der Waals surface area contributed by atoms with Crippen LogP contribution in [0.1, 0.15) is 60.8 Å². The summed E-state index contributed by atoms with van der Waals surface area (Å²) in [4.78, 5) is 44.2. The second-order valence-electron chi connectivity index (χ2n) is 10.4. The van der Waals surface area contributed by atoms with E-state index >= 15 is 0 Å². The molecule has 3 saturated heterocycles. The third-order valence-corrected chi connectivity index (χ3v) is 7.45. The third-order valence-electron chi connectivity index (χ3n) is 7.45. The summed E-state index contributed by atoms with van der Waals surface area (Å²) in [6.45, 7) is 15.3. The maximum Gasteiger partial charge on any atom is 0.312 e. The summed E-state index contributed by atoms with van der Waals surface area (Å²) in [5.74, 6) is -2.59. The maximum absolute atomic E-state index is 14.1. The molecule has 0 aromatic carbocycles. The standard InChI is InChI=1S/C24H38N2O6/c1-8-13-25(22(4,5)6)20(29)18-24-12-11-23(7,32-24)17(21(30)31-10-3)16(24)19(28)26(18)15(9-2)14-27/h8,15-18,27H,1,9-14H2,2-7H3/t15-,16-,17+,18?,23-,24?/m0/s1. The topological polar surface area (TPSA) is 96.4 Å². The van der Waals surface area contributed by atoms with Crippen molar-refractivity contribution in [1.82, 2.24) is 9.80 Å². The number of nitrogens with zero attached hydrogens (tertiary/aromatic N) is 2. The first-order chi connectivity index (χ1) is 14.9. The van der Waals surface area contributed by atoms with E-state index < -0.39 is 46.6 Å². The van der Waals surface area contributed by atoms with E-state index in [9.17, 15) is 19.5 Å². The molecule has 6 atom stereocenters. The third kappa shape index (κ3) is 3.46. The summed E-state index contributed by atoms with van der Waals surface area (Å²) >= 11 is 0. The number of hydrogen-bond acceptors (Lipinski definition) is 6. The predicted molar refractivity (Wildman–Crippen MR) is 119 cm³/mol. The molecule has 32 heavy (non-hydrogen) atoms. The highest BCUT2D eigenvalue weighted by Gasteiger charge is 2.79. The molecule has 0 radical (unpaired) electrons. The summed E-state index contributed by atoms with van der Waals surface area (Å²) in [6, 6.07) is -1.46. The van der Waals surface area contributed by atoms with E-state index in [1.54, 1.807) is 17.9 Å². The smallest absolute Gasteiger partial charge is 0.312 e. The molecule has 3 heterocycles. The Labute approximate surface area is 190 Å². The molecule has 3 rings (SSSR count). The van der Waals surface area contributed by atoms with Crippen LogP contribution in [0.5, 0.6) is 0 Å². The molecule has 2 amide bonds. The van der Waals surface area contributed by atoms with E-state index in [1.165, 1.54) is 4.90 Å². The van der Waals surface area contributed by atoms with Crippen LogP contribution in [0.15, 0.2) is 12.7 Å². The first-order valence-electron chi connectivity index (χ1n) is 11.7. The fourth-order valence-corrected chi connectivity index (χ4v) is 6.01. The van der Waals surface area contributed by atoms with Crippen molar-refractivity contribution in [3.8, 4) is 0 Å². The summed E-state index contributed by atoms with van der Waals surface area (Å²) in [5.41, 5.74) is -2.49. The van der Waals surface area contributed by atoms with Gasteiger partial charge in [0.25, 0.3) is 0 Å². The Morgan fingerprint density at radius 2 is 2.03 bits per heavy atom. The van der Waals surface area contributed by atoms with Crippen molar-refractivity contribution < 1.29 is 29.0 Å². The van der Waals surface area contributed by atoms with Crippen molar-refractivity contribution in [2.24, 2.45) is 11.8 Å². The largest absolute Gasteiger partial charge is 0.466 e. The Morgan fingerprint density at radius 3 is 2.53 bits per heavy atom. The molecule has 1 spiro atoms. The van der Waals surface area contributed by atoms with Gasteiger partial charge in [-0.05, 0) is 53.9 Å². The van der Waals surface area contributed by atoms with Gasteiger partial charge in [-0.2, -0.15) is 0 Å². The van der Waals surface area contributed by atoms with Gasteiger partial charge in [0.1, 0.15) is 17.6 Å². The molecule has 1 N–H and O–H groups in total.